The first-order valence-corrected chi connectivity index (χ1v) is 16.7. The molecule has 7 nitrogen and oxygen atoms in total. The van der Waals surface area contributed by atoms with E-state index in [1.807, 2.05) is 146 Å². The van der Waals surface area contributed by atoms with Gasteiger partial charge in [0.2, 0.25) is 0 Å². The van der Waals surface area contributed by atoms with Crippen LogP contribution in [0.25, 0.3) is 0 Å². The highest BCUT2D eigenvalue weighted by Gasteiger charge is 2.54. The first-order chi connectivity index (χ1) is 24.2. The topological polar surface area (TPSA) is 75.6 Å². The molecule has 0 saturated heterocycles. The summed E-state index contributed by atoms with van der Waals surface area (Å²) in [5, 5.41) is 12.2. The third-order valence-corrected chi connectivity index (χ3v) is 8.71. The molecule has 1 saturated carbocycles. The highest BCUT2D eigenvalue weighted by molar-refractivity contribution is 5.27. The van der Waals surface area contributed by atoms with E-state index in [1.54, 1.807) is 7.11 Å². The maximum atomic E-state index is 12.2. The molecule has 1 aliphatic carbocycles. The van der Waals surface area contributed by atoms with Gasteiger partial charge in [0, 0.05) is 0 Å². The normalized spacial score (nSPS) is 22.1. The number of hydrogen-bond donors (Lipinski definition) is 1. The molecular weight excluding hydrogens is 616 g/mol. The lowest BCUT2D eigenvalue weighted by Crippen LogP contribution is -2.66. The van der Waals surface area contributed by atoms with Gasteiger partial charge in [0.25, 0.3) is 0 Å². The molecule has 1 N–H and O–H groups in total. The van der Waals surface area contributed by atoms with Gasteiger partial charge >= 0.3 is 0 Å². The van der Waals surface area contributed by atoms with E-state index in [-0.39, 0.29) is 13.2 Å². The minimum absolute atomic E-state index is 0.239. The fourth-order valence-corrected chi connectivity index (χ4v) is 6.07. The van der Waals surface area contributed by atoms with Crippen LogP contribution in [0.2, 0.25) is 0 Å². The van der Waals surface area contributed by atoms with E-state index >= 15 is 0 Å². The number of rotatable bonds is 16. The lowest BCUT2D eigenvalue weighted by atomic mass is 9.83. The Hall–Kier alpha value is -4.34. The maximum Gasteiger partial charge on any atom is 0.118 e. The second kappa shape index (κ2) is 17.9. The summed E-state index contributed by atoms with van der Waals surface area (Å²) in [7, 11) is 1.64. The molecule has 0 radical (unpaired) electrons. The molecule has 1 aliphatic rings. The minimum Gasteiger partial charge on any atom is -0.497 e. The molecule has 6 atom stereocenters. The second-order valence-electron chi connectivity index (χ2n) is 12.2. The molecule has 1 fully saturated rings. The fourth-order valence-electron chi connectivity index (χ4n) is 6.07. The Morgan fingerprint density at radius 2 is 0.633 bits per heavy atom. The van der Waals surface area contributed by atoms with Crippen molar-refractivity contribution >= 4 is 0 Å². The Labute approximate surface area is 289 Å². The average Bonchev–Trinajstić information content (AvgIpc) is 3.16. The van der Waals surface area contributed by atoms with Gasteiger partial charge in [-0.05, 0) is 39.9 Å². The Bertz CT molecular complexity index is 1640. The van der Waals surface area contributed by atoms with E-state index in [4.69, 9.17) is 28.4 Å². The van der Waals surface area contributed by atoms with Gasteiger partial charge in [0.1, 0.15) is 42.4 Å². The van der Waals surface area contributed by atoms with Gasteiger partial charge in [-0.15, -0.1) is 0 Å². The quantitative estimate of drug-likeness (QED) is 0.119. The number of methoxy groups -OCH3 is 1. The van der Waals surface area contributed by atoms with Gasteiger partial charge in [-0.3, -0.25) is 0 Å². The van der Waals surface area contributed by atoms with Crippen molar-refractivity contribution in [3.8, 4) is 5.75 Å². The molecule has 5 aromatic rings. The van der Waals surface area contributed by atoms with Crippen LogP contribution >= 0.6 is 0 Å². The summed E-state index contributed by atoms with van der Waals surface area (Å²) in [6, 6.07) is 47.6. The second-order valence-corrected chi connectivity index (χ2v) is 12.2. The van der Waals surface area contributed by atoms with Crippen molar-refractivity contribution in [1.82, 2.24) is 0 Å². The van der Waals surface area contributed by atoms with Crippen molar-refractivity contribution in [2.24, 2.45) is 0 Å². The van der Waals surface area contributed by atoms with Crippen molar-refractivity contribution in [2.75, 3.05) is 7.11 Å². The summed E-state index contributed by atoms with van der Waals surface area (Å²) in [5.74, 6) is 0.757. The number of hydrogen-bond acceptors (Lipinski definition) is 7. The Balaban J connectivity index is 1.34. The van der Waals surface area contributed by atoms with Gasteiger partial charge < -0.3 is 33.5 Å². The van der Waals surface area contributed by atoms with Crippen LogP contribution < -0.4 is 4.74 Å². The molecule has 254 valence electrons. The fraction of sp³-hybridized carbons (Fsp3) is 0.286. The van der Waals surface area contributed by atoms with E-state index in [9.17, 15) is 5.11 Å². The standard InChI is InChI=1S/C42H44O7/c1-44-36-24-22-35(23-25-36)30-46-39-37(43)38(45-26-31-14-6-2-7-15-31)40(47-27-32-16-8-3-9-17-32)42(49-29-34-20-12-5-13-21-34)41(39)48-28-33-18-10-4-11-19-33/h2-25,37-43H,26-30H2,1H3/t37-,38-,39+,40+,41+,42-/m0/s1. The van der Waals surface area contributed by atoms with Crippen molar-refractivity contribution in [1.29, 1.82) is 0 Å². The van der Waals surface area contributed by atoms with Gasteiger partial charge in [-0.2, -0.15) is 0 Å². The zero-order valence-electron chi connectivity index (χ0n) is 27.8. The van der Waals surface area contributed by atoms with Gasteiger partial charge in [-0.1, -0.05) is 133 Å². The summed E-state index contributed by atoms with van der Waals surface area (Å²) in [6.45, 7) is 1.43. The first-order valence-electron chi connectivity index (χ1n) is 16.7. The lowest BCUT2D eigenvalue weighted by Gasteiger charge is -2.48. The first kappa shape index (κ1) is 34.5. The number of ether oxygens (including phenoxy) is 6. The van der Waals surface area contributed by atoms with Crippen LogP contribution in [0.5, 0.6) is 5.75 Å². The minimum atomic E-state index is -1.10. The smallest absolute Gasteiger partial charge is 0.118 e. The third kappa shape index (κ3) is 9.64. The summed E-state index contributed by atoms with van der Waals surface area (Å²) in [5.41, 5.74) is 4.92. The van der Waals surface area contributed by atoms with E-state index < -0.39 is 36.6 Å². The van der Waals surface area contributed by atoms with Crippen molar-refractivity contribution in [2.45, 2.75) is 69.7 Å². The van der Waals surface area contributed by atoms with Gasteiger partial charge in [0.15, 0.2) is 0 Å². The Morgan fingerprint density at radius 3 is 0.939 bits per heavy atom. The van der Waals surface area contributed by atoms with Crippen LogP contribution in [0.1, 0.15) is 27.8 Å². The Kier molecular flexibility index (Phi) is 12.6. The molecule has 0 amide bonds. The van der Waals surface area contributed by atoms with E-state index in [2.05, 4.69) is 0 Å². The van der Waals surface area contributed by atoms with Crippen molar-refractivity contribution in [3.05, 3.63) is 173 Å². The molecule has 0 bridgehead atoms. The Morgan fingerprint density at radius 1 is 0.367 bits per heavy atom. The van der Waals surface area contributed by atoms with Crippen molar-refractivity contribution in [3.63, 3.8) is 0 Å². The molecule has 7 heteroatoms. The molecule has 0 heterocycles. The van der Waals surface area contributed by atoms with Gasteiger partial charge in [0.05, 0.1) is 40.1 Å². The predicted octanol–water partition coefficient (Wildman–Crippen LogP) is 7.30. The summed E-state index contributed by atoms with van der Waals surface area (Å²) in [6.07, 6.45) is -4.73. The third-order valence-electron chi connectivity index (χ3n) is 8.71. The van der Waals surface area contributed by atoms with Crippen LogP contribution in [-0.4, -0.2) is 48.8 Å². The van der Waals surface area contributed by atoms with E-state index in [0.717, 1.165) is 33.6 Å². The van der Waals surface area contributed by atoms with Crippen LogP contribution in [-0.2, 0) is 56.7 Å². The van der Waals surface area contributed by atoms with Crippen LogP contribution in [0.15, 0.2) is 146 Å². The highest BCUT2D eigenvalue weighted by Crippen LogP contribution is 2.35. The zero-order chi connectivity index (χ0) is 33.7. The predicted molar refractivity (Wildman–Crippen MR) is 188 cm³/mol. The number of aliphatic hydroxyl groups is 1. The van der Waals surface area contributed by atoms with Gasteiger partial charge in [-0.25, -0.2) is 0 Å². The zero-order valence-corrected chi connectivity index (χ0v) is 27.8. The average molecular weight is 661 g/mol. The van der Waals surface area contributed by atoms with Crippen molar-refractivity contribution < 1.29 is 33.5 Å². The highest BCUT2D eigenvalue weighted by atomic mass is 16.6. The molecule has 5 aromatic carbocycles. The summed E-state index contributed by atoms with van der Waals surface area (Å²) >= 11 is 0. The summed E-state index contributed by atoms with van der Waals surface area (Å²) in [4.78, 5) is 0. The van der Waals surface area contributed by atoms with E-state index in [1.165, 1.54) is 0 Å². The SMILES string of the molecule is COc1ccc(CO[C@@H]2[C@@H](O)[C@H](OCc3ccccc3)[C@@H](OCc3ccccc3)[C@H](OCc3ccccc3)[C@@H]2OCc2ccccc2)cc1. The lowest BCUT2D eigenvalue weighted by molar-refractivity contribution is -0.283. The number of benzene rings is 5. The van der Waals surface area contributed by atoms with Crippen LogP contribution in [0.3, 0.4) is 0 Å². The van der Waals surface area contributed by atoms with E-state index in [0.29, 0.717) is 19.8 Å². The van der Waals surface area contributed by atoms with Crippen LogP contribution in [0.4, 0.5) is 0 Å². The molecule has 0 aliphatic heterocycles. The largest absolute Gasteiger partial charge is 0.497 e. The molecule has 6 rings (SSSR count). The molecule has 0 spiro atoms. The molecule has 49 heavy (non-hydrogen) atoms. The summed E-state index contributed by atoms with van der Waals surface area (Å²) < 4.78 is 38.7. The maximum absolute atomic E-state index is 12.2. The molecule has 0 aromatic heterocycles. The molecule has 0 unspecified atom stereocenters. The monoisotopic (exact) mass is 660 g/mol. The van der Waals surface area contributed by atoms with Crippen LogP contribution in [0, 0.1) is 0 Å². The number of aliphatic hydroxyl groups excluding tert-OH is 1. The molecular formula is C42H44O7.